The molecule has 12 heteroatoms. The first kappa shape index (κ1) is 20.2. The molecule has 27 heavy (non-hydrogen) atoms. The molecule has 1 aromatic carbocycles. The second-order valence-electron chi connectivity index (χ2n) is 4.99. The number of hydrogen-bond donors (Lipinski definition) is 1. The number of aliphatic imine (C=N–C) groups is 1. The molecule has 0 amide bonds. The molecule has 0 aliphatic rings. The molecule has 0 bridgehead atoms. The second-order valence-corrected chi connectivity index (χ2v) is 5.80. The minimum atomic E-state index is -4.61. The van der Waals surface area contributed by atoms with Gasteiger partial charge in [-0.15, -0.1) is 9.90 Å². The highest BCUT2D eigenvalue weighted by Gasteiger charge is 2.32. The van der Waals surface area contributed by atoms with E-state index in [1.165, 1.54) is 0 Å². The molecular weight excluding hydrogens is 406 g/mol. The Labute approximate surface area is 160 Å². The third-order valence-electron chi connectivity index (χ3n) is 3.16. The SMILES string of the molecule is Cc1nn(-c2c(Cl)cc(C(F)(F)F)cc2Cl)nc1/C=N/C(C#N)=C(\N)C#N. The molecular formula is C15H8Cl2F3N7. The highest BCUT2D eigenvalue weighted by molar-refractivity contribution is 6.37. The Balaban J connectivity index is 2.49. The Hall–Kier alpha value is -3.08. The Morgan fingerprint density at radius 2 is 1.81 bits per heavy atom. The van der Waals surface area contributed by atoms with Crippen molar-refractivity contribution in [3.8, 4) is 17.8 Å². The molecule has 0 unspecified atom stereocenters. The summed E-state index contributed by atoms with van der Waals surface area (Å²) in [6, 6.07) is 4.65. The van der Waals surface area contributed by atoms with Crippen LogP contribution in [0.2, 0.25) is 10.0 Å². The highest BCUT2D eigenvalue weighted by atomic mass is 35.5. The summed E-state index contributed by atoms with van der Waals surface area (Å²) in [6.07, 6.45) is -3.48. The molecule has 0 spiro atoms. The van der Waals surface area contributed by atoms with Crippen LogP contribution in [-0.4, -0.2) is 21.2 Å². The number of halogens is 5. The van der Waals surface area contributed by atoms with E-state index in [1.54, 1.807) is 19.1 Å². The topological polar surface area (TPSA) is 117 Å². The molecule has 0 atom stereocenters. The van der Waals surface area contributed by atoms with Crippen LogP contribution in [0.25, 0.3) is 5.69 Å². The van der Waals surface area contributed by atoms with Gasteiger partial charge in [0.2, 0.25) is 0 Å². The first-order valence-corrected chi connectivity index (χ1v) is 7.68. The summed E-state index contributed by atoms with van der Waals surface area (Å²) in [6.45, 7) is 1.54. The smallest absolute Gasteiger partial charge is 0.388 e. The third-order valence-corrected chi connectivity index (χ3v) is 3.74. The van der Waals surface area contributed by atoms with Crippen molar-refractivity contribution in [2.45, 2.75) is 13.1 Å². The van der Waals surface area contributed by atoms with E-state index in [1.807, 2.05) is 0 Å². The lowest BCUT2D eigenvalue weighted by atomic mass is 10.2. The van der Waals surface area contributed by atoms with Crippen LogP contribution in [-0.2, 0) is 6.18 Å². The van der Waals surface area contributed by atoms with Crippen molar-refractivity contribution in [3.05, 3.63) is 50.5 Å². The van der Waals surface area contributed by atoms with E-state index in [4.69, 9.17) is 39.5 Å². The fourth-order valence-electron chi connectivity index (χ4n) is 1.87. The first-order chi connectivity index (χ1) is 12.6. The summed E-state index contributed by atoms with van der Waals surface area (Å²) in [5.41, 5.74) is 4.05. The molecule has 1 aromatic heterocycles. The van der Waals surface area contributed by atoms with Crippen LogP contribution in [0.3, 0.4) is 0 Å². The lowest BCUT2D eigenvalue weighted by Gasteiger charge is -2.11. The van der Waals surface area contributed by atoms with Crippen molar-refractivity contribution in [1.82, 2.24) is 15.0 Å². The highest BCUT2D eigenvalue weighted by Crippen LogP contribution is 2.37. The van der Waals surface area contributed by atoms with Crippen molar-refractivity contribution in [3.63, 3.8) is 0 Å². The average Bonchev–Trinajstić information content (AvgIpc) is 2.94. The summed E-state index contributed by atoms with van der Waals surface area (Å²) in [5.74, 6) is 0. The molecule has 2 N–H and O–H groups in total. The molecule has 0 radical (unpaired) electrons. The quantitative estimate of drug-likeness (QED) is 0.609. The van der Waals surface area contributed by atoms with E-state index in [9.17, 15) is 13.2 Å². The lowest BCUT2D eigenvalue weighted by molar-refractivity contribution is -0.137. The maximum Gasteiger partial charge on any atom is 0.416 e. The monoisotopic (exact) mass is 413 g/mol. The number of nitrogens with zero attached hydrogens (tertiary/aromatic N) is 6. The van der Waals surface area contributed by atoms with Crippen molar-refractivity contribution in [2.24, 2.45) is 10.7 Å². The molecule has 2 rings (SSSR count). The summed E-state index contributed by atoms with van der Waals surface area (Å²) >= 11 is 11.9. The zero-order chi connectivity index (χ0) is 20.4. The number of alkyl halides is 3. The molecule has 0 aliphatic heterocycles. The second kappa shape index (κ2) is 7.66. The van der Waals surface area contributed by atoms with E-state index in [0.717, 1.165) is 11.0 Å². The van der Waals surface area contributed by atoms with Gasteiger partial charge in [0, 0.05) is 0 Å². The largest absolute Gasteiger partial charge is 0.416 e. The summed E-state index contributed by atoms with van der Waals surface area (Å²) in [5, 5.41) is 25.0. The zero-order valence-corrected chi connectivity index (χ0v) is 14.9. The van der Waals surface area contributed by atoms with E-state index in [0.29, 0.717) is 17.8 Å². The molecule has 0 saturated carbocycles. The molecule has 2 aromatic rings. The number of nitrogens with two attached hydrogens (primary N) is 1. The van der Waals surface area contributed by atoms with Gasteiger partial charge in [-0.05, 0) is 19.1 Å². The third kappa shape index (κ3) is 4.37. The van der Waals surface area contributed by atoms with Gasteiger partial charge >= 0.3 is 6.18 Å². The maximum absolute atomic E-state index is 12.8. The van der Waals surface area contributed by atoms with Crippen molar-refractivity contribution >= 4 is 29.4 Å². The molecule has 0 saturated heterocycles. The maximum atomic E-state index is 12.8. The standard InChI is InChI=1S/C15H8Cl2F3N7/c1-7-13(6-24-12(5-22)11(23)4-21)26-27(25-7)14-9(16)2-8(3-10(14)17)15(18,19)20/h2-3,6H,23H2,1H3/b12-11-,24-6+. The van der Waals surface area contributed by atoms with Crippen LogP contribution in [0, 0.1) is 29.6 Å². The van der Waals surface area contributed by atoms with E-state index in [-0.39, 0.29) is 32.8 Å². The van der Waals surface area contributed by atoms with E-state index in [2.05, 4.69) is 15.2 Å². The van der Waals surface area contributed by atoms with E-state index >= 15 is 0 Å². The predicted molar refractivity (Wildman–Crippen MR) is 91.2 cm³/mol. The molecule has 1 heterocycles. The normalized spacial score (nSPS) is 12.6. The summed E-state index contributed by atoms with van der Waals surface area (Å²) < 4.78 is 38.5. The average molecular weight is 414 g/mol. The minimum Gasteiger partial charge on any atom is -0.388 e. The molecule has 138 valence electrons. The number of nitriles is 2. The fourth-order valence-corrected chi connectivity index (χ4v) is 2.51. The van der Waals surface area contributed by atoms with Gasteiger partial charge < -0.3 is 5.73 Å². The number of benzene rings is 1. The summed E-state index contributed by atoms with van der Waals surface area (Å²) in [4.78, 5) is 4.71. The number of aryl methyl sites for hydroxylation is 1. The Morgan fingerprint density at radius 1 is 1.22 bits per heavy atom. The molecule has 0 fully saturated rings. The predicted octanol–water partition coefficient (Wildman–Crippen LogP) is 3.54. The van der Waals surface area contributed by atoms with Crippen LogP contribution in [0.15, 0.2) is 28.5 Å². The van der Waals surface area contributed by atoms with Crippen LogP contribution < -0.4 is 5.73 Å². The number of hydrogen-bond acceptors (Lipinski definition) is 6. The van der Waals surface area contributed by atoms with Crippen LogP contribution >= 0.6 is 23.2 Å². The van der Waals surface area contributed by atoms with Crippen molar-refractivity contribution in [2.75, 3.05) is 0 Å². The van der Waals surface area contributed by atoms with Gasteiger partial charge in [-0.25, -0.2) is 4.99 Å². The van der Waals surface area contributed by atoms with Gasteiger partial charge in [0.05, 0.1) is 27.5 Å². The Morgan fingerprint density at radius 3 is 2.30 bits per heavy atom. The van der Waals surface area contributed by atoms with Gasteiger partial charge in [-0.3, -0.25) is 0 Å². The Bertz CT molecular complexity index is 1020. The summed E-state index contributed by atoms with van der Waals surface area (Å²) in [7, 11) is 0. The Kier molecular flexibility index (Phi) is 5.74. The van der Waals surface area contributed by atoms with E-state index < -0.39 is 11.7 Å². The molecule has 0 aliphatic carbocycles. The van der Waals surface area contributed by atoms with Crippen molar-refractivity contribution < 1.29 is 13.2 Å². The van der Waals surface area contributed by atoms with Crippen LogP contribution in [0.1, 0.15) is 17.0 Å². The minimum absolute atomic E-state index is 0.0540. The van der Waals surface area contributed by atoms with Gasteiger partial charge in [-0.1, -0.05) is 23.2 Å². The number of allylic oxidation sites excluding steroid dienone is 2. The van der Waals surface area contributed by atoms with Crippen LogP contribution in [0.4, 0.5) is 13.2 Å². The number of rotatable bonds is 3. The van der Waals surface area contributed by atoms with Crippen molar-refractivity contribution in [1.29, 1.82) is 10.5 Å². The molecule has 7 nitrogen and oxygen atoms in total. The van der Waals surface area contributed by atoms with Crippen LogP contribution in [0.5, 0.6) is 0 Å². The fraction of sp³-hybridized carbons (Fsp3) is 0.133. The van der Waals surface area contributed by atoms with Gasteiger partial charge in [0.1, 0.15) is 29.2 Å². The van der Waals surface area contributed by atoms with Gasteiger partial charge in [0.25, 0.3) is 0 Å². The van der Waals surface area contributed by atoms with Gasteiger partial charge in [0.15, 0.2) is 5.70 Å². The number of aromatic nitrogens is 3. The first-order valence-electron chi connectivity index (χ1n) is 6.93. The lowest BCUT2D eigenvalue weighted by Crippen LogP contribution is -2.08. The van der Waals surface area contributed by atoms with Gasteiger partial charge in [-0.2, -0.15) is 28.8 Å². The zero-order valence-electron chi connectivity index (χ0n) is 13.4.